The Morgan fingerprint density at radius 2 is 2.12 bits per heavy atom. The summed E-state index contributed by atoms with van der Waals surface area (Å²) in [5.74, 6) is 0.207. The number of nitriles is 1. The van der Waals surface area contributed by atoms with Crippen LogP contribution in [0.3, 0.4) is 0 Å². The second kappa shape index (κ2) is 5.90. The van der Waals surface area contributed by atoms with Crippen LogP contribution in [-0.2, 0) is 0 Å². The van der Waals surface area contributed by atoms with Gasteiger partial charge in [0.05, 0.1) is 25.9 Å². The molecule has 0 aliphatic rings. The molecule has 0 aliphatic heterocycles. The summed E-state index contributed by atoms with van der Waals surface area (Å²) in [5.41, 5.74) is 0.418. The number of carbonyl (C=O) groups is 1. The molecule has 0 heterocycles. The van der Waals surface area contributed by atoms with Gasteiger partial charge >= 0.3 is 0 Å². The van der Waals surface area contributed by atoms with Gasteiger partial charge in [-0.1, -0.05) is 6.92 Å². The molecular formula is C13H15NO3. The van der Waals surface area contributed by atoms with Gasteiger partial charge < -0.3 is 9.47 Å². The fourth-order valence-corrected chi connectivity index (χ4v) is 1.53. The van der Waals surface area contributed by atoms with E-state index in [1.165, 1.54) is 7.11 Å². The molecule has 90 valence electrons. The first-order valence-electron chi connectivity index (χ1n) is 5.33. The van der Waals surface area contributed by atoms with Gasteiger partial charge in [0, 0.05) is 6.07 Å². The molecule has 1 aromatic carbocycles. The molecule has 1 unspecified atom stereocenters. The van der Waals surface area contributed by atoms with Crippen LogP contribution in [0.5, 0.6) is 11.5 Å². The van der Waals surface area contributed by atoms with Crippen LogP contribution in [0.4, 0.5) is 0 Å². The molecule has 0 saturated carbocycles. The van der Waals surface area contributed by atoms with Gasteiger partial charge in [0.15, 0.2) is 5.78 Å². The summed E-state index contributed by atoms with van der Waals surface area (Å²) in [7, 11) is 3.03. The smallest absolute Gasteiger partial charge is 0.183 e. The van der Waals surface area contributed by atoms with Gasteiger partial charge in [-0.15, -0.1) is 0 Å². The van der Waals surface area contributed by atoms with Gasteiger partial charge in [0.1, 0.15) is 17.4 Å². The third-order valence-corrected chi connectivity index (χ3v) is 2.55. The normalized spacial score (nSPS) is 11.4. The van der Waals surface area contributed by atoms with Crippen LogP contribution in [0, 0.1) is 17.2 Å². The molecule has 0 bridgehead atoms. The van der Waals surface area contributed by atoms with E-state index < -0.39 is 5.92 Å². The van der Waals surface area contributed by atoms with Crippen LogP contribution in [0.15, 0.2) is 18.2 Å². The molecule has 0 N–H and O–H groups in total. The SMILES string of the molecule is CCC(C#N)C(=O)c1ccc(OC)cc1OC. The maximum Gasteiger partial charge on any atom is 0.183 e. The zero-order valence-corrected chi connectivity index (χ0v) is 10.2. The molecular weight excluding hydrogens is 218 g/mol. The third-order valence-electron chi connectivity index (χ3n) is 2.55. The Labute approximate surface area is 101 Å². The lowest BCUT2D eigenvalue weighted by atomic mass is 9.96. The molecule has 0 fully saturated rings. The number of hydrogen-bond acceptors (Lipinski definition) is 4. The third kappa shape index (κ3) is 2.76. The minimum Gasteiger partial charge on any atom is -0.497 e. The predicted octanol–water partition coefficient (Wildman–Crippen LogP) is 2.44. The first-order valence-corrected chi connectivity index (χ1v) is 5.33. The van der Waals surface area contributed by atoms with Gasteiger partial charge in [-0.3, -0.25) is 4.79 Å². The van der Waals surface area contributed by atoms with Crippen molar-refractivity contribution in [2.24, 2.45) is 5.92 Å². The second-order valence-electron chi connectivity index (χ2n) is 3.52. The molecule has 0 spiro atoms. The van der Waals surface area contributed by atoms with Gasteiger partial charge in [-0.2, -0.15) is 5.26 Å². The summed E-state index contributed by atoms with van der Waals surface area (Å²) in [5, 5.41) is 8.89. The number of ether oxygens (including phenoxy) is 2. The Kier molecular flexibility index (Phi) is 4.53. The monoisotopic (exact) mass is 233 g/mol. The standard InChI is InChI=1S/C13H15NO3/c1-4-9(8-14)13(15)11-6-5-10(16-2)7-12(11)17-3/h5-7,9H,4H2,1-3H3. The minimum absolute atomic E-state index is 0.213. The van der Waals surface area contributed by atoms with Crippen LogP contribution >= 0.6 is 0 Å². The topological polar surface area (TPSA) is 59.3 Å². The Morgan fingerprint density at radius 3 is 2.59 bits per heavy atom. The van der Waals surface area contributed by atoms with E-state index in [1.54, 1.807) is 25.3 Å². The average molecular weight is 233 g/mol. The minimum atomic E-state index is -0.628. The Bertz CT molecular complexity index is 448. The van der Waals surface area contributed by atoms with Crippen LogP contribution in [0.1, 0.15) is 23.7 Å². The van der Waals surface area contributed by atoms with Gasteiger partial charge in [-0.05, 0) is 18.6 Å². The Hall–Kier alpha value is -2.02. The number of methoxy groups -OCH3 is 2. The van der Waals surface area contributed by atoms with E-state index in [0.717, 1.165) is 0 Å². The van der Waals surface area contributed by atoms with Crippen molar-refractivity contribution in [3.8, 4) is 17.6 Å². The molecule has 0 aromatic heterocycles. The maximum absolute atomic E-state index is 12.0. The zero-order chi connectivity index (χ0) is 12.8. The summed E-state index contributed by atoms with van der Waals surface area (Å²) in [6.07, 6.45) is 0.491. The van der Waals surface area contributed by atoms with E-state index in [-0.39, 0.29) is 5.78 Å². The molecule has 0 radical (unpaired) electrons. The van der Waals surface area contributed by atoms with Crippen molar-refractivity contribution in [3.63, 3.8) is 0 Å². The van der Waals surface area contributed by atoms with E-state index >= 15 is 0 Å². The molecule has 0 aliphatic carbocycles. The average Bonchev–Trinajstić information content (AvgIpc) is 2.39. The van der Waals surface area contributed by atoms with Gasteiger partial charge in [0.2, 0.25) is 0 Å². The van der Waals surface area contributed by atoms with Gasteiger partial charge in [-0.25, -0.2) is 0 Å². The number of rotatable bonds is 5. The van der Waals surface area contributed by atoms with E-state index in [4.69, 9.17) is 14.7 Å². The number of hydrogen-bond donors (Lipinski definition) is 0. The lowest BCUT2D eigenvalue weighted by Crippen LogP contribution is -2.13. The zero-order valence-electron chi connectivity index (χ0n) is 10.2. The summed E-state index contributed by atoms with van der Waals surface area (Å²) >= 11 is 0. The summed E-state index contributed by atoms with van der Waals surface area (Å²) in [6, 6.07) is 6.94. The van der Waals surface area contributed by atoms with Crippen LogP contribution in [0.25, 0.3) is 0 Å². The molecule has 4 heteroatoms. The summed E-state index contributed by atoms with van der Waals surface area (Å²) in [6.45, 7) is 1.81. The molecule has 1 rings (SSSR count). The van der Waals surface area contributed by atoms with Crippen molar-refractivity contribution in [3.05, 3.63) is 23.8 Å². The van der Waals surface area contributed by atoms with E-state index in [9.17, 15) is 4.79 Å². The predicted molar refractivity (Wildman–Crippen MR) is 63.3 cm³/mol. The first kappa shape index (κ1) is 13.0. The van der Waals surface area contributed by atoms with Crippen LogP contribution in [-0.4, -0.2) is 20.0 Å². The van der Waals surface area contributed by atoms with E-state index in [1.807, 2.05) is 13.0 Å². The molecule has 0 saturated heterocycles. The molecule has 1 aromatic rings. The fraction of sp³-hybridized carbons (Fsp3) is 0.385. The lowest BCUT2D eigenvalue weighted by molar-refractivity contribution is 0.0943. The second-order valence-corrected chi connectivity index (χ2v) is 3.52. The van der Waals surface area contributed by atoms with E-state index in [0.29, 0.717) is 23.5 Å². The summed E-state index contributed by atoms with van der Waals surface area (Å²) in [4.78, 5) is 12.0. The van der Waals surface area contributed by atoms with Crippen molar-refractivity contribution in [2.45, 2.75) is 13.3 Å². The summed E-state index contributed by atoms with van der Waals surface area (Å²) < 4.78 is 10.2. The van der Waals surface area contributed by atoms with Crippen LogP contribution < -0.4 is 9.47 Å². The number of nitrogens with zero attached hydrogens (tertiary/aromatic N) is 1. The largest absolute Gasteiger partial charge is 0.497 e. The number of benzene rings is 1. The highest BCUT2D eigenvalue weighted by atomic mass is 16.5. The molecule has 1 atom stereocenters. The Morgan fingerprint density at radius 1 is 1.41 bits per heavy atom. The van der Waals surface area contributed by atoms with Crippen molar-refractivity contribution in [1.82, 2.24) is 0 Å². The Balaban J connectivity index is 3.14. The van der Waals surface area contributed by atoms with Crippen LogP contribution in [0.2, 0.25) is 0 Å². The highest BCUT2D eigenvalue weighted by Crippen LogP contribution is 2.27. The van der Waals surface area contributed by atoms with Gasteiger partial charge in [0.25, 0.3) is 0 Å². The van der Waals surface area contributed by atoms with Crippen molar-refractivity contribution >= 4 is 5.78 Å². The number of ketones is 1. The molecule has 4 nitrogen and oxygen atoms in total. The quantitative estimate of drug-likeness (QED) is 0.733. The number of carbonyl (C=O) groups excluding carboxylic acids is 1. The maximum atomic E-state index is 12.0. The van der Waals surface area contributed by atoms with Crippen molar-refractivity contribution in [2.75, 3.05) is 14.2 Å². The van der Waals surface area contributed by atoms with Crippen molar-refractivity contribution in [1.29, 1.82) is 5.26 Å². The van der Waals surface area contributed by atoms with Crippen molar-refractivity contribution < 1.29 is 14.3 Å². The highest BCUT2D eigenvalue weighted by Gasteiger charge is 2.21. The molecule has 0 amide bonds. The fourth-order valence-electron chi connectivity index (χ4n) is 1.53. The lowest BCUT2D eigenvalue weighted by Gasteiger charge is -2.11. The number of Topliss-reactive ketones (excluding diaryl/α,β-unsaturated/α-hetero) is 1. The first-order chi connectivity index (χ1) is 8.17. The van der Waals surface area contributed by atoms with E-state index in [2.05, 4.69) is 0 Å². The molecule has 17 heavy (non-hydrogen) atoms. The highest BCUT2D eigenvalue weighted by molar-refractivity contribution is 6.01.